The number of rotatable bonds is 5. The Morgan fingerprint density at radius 2 is 2.20 bits per heavy atom. The molecule has 106 valence electrons. The van der Waals surface area contributed by atoms with Crippen LogP contribution in [-0.4, -0.2) is 24.9 Å². The van der Waals surface area contributed by atoms with Gasteiger partial charge in [-0.25, -0.2) is 0 Å². The Bertz CT molecular complexity index is 668. The first-order chi connectivity index (χ1) is 9.51. The van der Waals surface area contributed by atoms with Crippen LogP contribution in [0.15, 0.2) is 22.6 Å². The Balaban J connectivity index is 2.51. The molecule has 0 spiro atoms. The molecule has 7 nitrogen and oxygen atoms in total. The number of primary amides is 1. The van der Waals surface area contributed by atoms with Gasteiger partial charge in [-0.2, -0.15) is 0 Å². The lowest BCUT2D eigenvalue weighted by Crippen LogP contribution is -2.13. The van der Waals surface area contributed by atoms with Crippen molar-refractivity contribution in [3.05, 3.63) is 35.2 Å². The number of hydrogen-bond donors (Lipinski definition) is 1. The number of carbonyl (C=O) groups is 1. The Morgan fingerprint density at radius 1 is 1.45 bits per heavy atom. The van der Waals surface area contributed by atoms with E-state index >= 15 is 0 Å². The van der Waals surface area contributed by atoms with Crippen molar-refractivity contribution in [1.29, 1.82) is 0 Å². The minimum atomic E-state index is -2.23. The molecule has 8 heteroatoms. The summed E-state index contributed by atoms with van der Waals surface area (Å²) in [7, 11) is 0. The minimum Gasteiger partial charge on any atom is -0.772 e. The fourth-order valence-electron chi connectivity index (χ4n) is 1.71. The van der Waals surface area contributed by atoms with Crippen LogP contribution >= 0.6 is 0 Å². The van der Waals surface area contributed by atoms with Gasteiger partial charge >= 0.3 is 0 Å². The van der Waals surface area contributed by atoms with E-state index in [2.05, 4.69) is 10.2 Å². The van der Waals surface area contributed by atoms with Gasteiger partial charge in [-0.15, -0.1) is 10.2 Å². The summed E-state index contributed by atoms with van der Waals surface area (Å²) >= 11 is -2.23. The molecule has 0 saturated heterocycles. The van der Waals surface area contributed by atoms with Crippen LogP contribution < -0.4 is 5.73 Å². The maximum absolute atomic E-state index is 11.4. The van der Waals surface area contributed by atoms with Crippen LogP contribution in [0.3, 0.4) is 0 Å². The number of nitrogens with zero attached hydrogens (tertiary/aromatic N) is 2. The molecule has 1 amide bonds. The normalized spacial score (nSPS) is 12.3. The Kier molecular flexibility index (Phi) is 4.26. The third-order valence-electron chi connectivity index (χ3n) is 2.63. The van der Waals surface area contributed by atoms with Gasteiger partial charge < -0.3 is 14.7 Å². The van der Waals surface area contributed by atoms with E-state index in [0.29, 0.717) is 23.4 Å². The summed E-state index contributed by atoms with van der Waals surface area (Å²) in [5, 5.41) is 7.65. The van der Waals surface area contributed by atoms with Crippen LogP contribution in [0.25, 0.3) is 11.5 Å². The lowest BCUT2D eigenvalue weighted by molar-refractivity contribution is 0.100. The second kappa shape index (κ2) is 5.93. The predicted molar refractivity (Wildman–Crippen MR) is 70.3 cm³/mol. The molecule has 0 aliphatic heterocycles. The van der Waals surface area contributed by atoms with Crippen LogP contribution in [0.4, 0.5) is 0 Å². The lowest BCUT2D eigenvalue weighted by atomic mass is 10.0. The van der Waals surface area contributed by atoms with E-state index < -0.39 is 17.0 Å². The van der Waals surface area contributed by atoms with Gasteiger partial charge in [-0.05, 0) is 17.7 Å². The SMILES string of the molecule is CCc1nnc(-c2cc(CS(=O)[O-])ccc2C(N)=O)o1. The molecule has 0 saturated carbocycles. The molecule has 1 atom stereocenters. The van der Waals surface area contributed by atoms with Crippen molar-refractivity contribution in [3.63, 3.8) is 0 Å². The summed E-state index contributed by atoms with van der Waals surface area (Å²) in [6, 6.07) is 4.50. The van der Waals surface area contributed by atoms with E-state index in [1.165, 1.54) is 18.2 Å². The zero-order valence-electron chi connectivity index (χ0n) is 10.7. The largest absolute Gasteiger partial charge is 0.772 e. The summed E-state index contributed by atoms with van der Waals surface area (Å²) in [5.41, 5.74) is 6.35. The third-order valence-corrected chi connectivity index (χ3v) is 3.20. The van der Waals surface area contributed by atoms with E-state index in [0.717, 1.165) is 0 Å². The average Bonchev–Trinajstić information content (AvgIpc) is 2.86. The predicted octanol–water partition coefficient (Wildman–Crippen LogP) is 0.777. The fourth-order valence-corrected chi connectivity index (χ4v) is 2.17. The summed E-state index contributed by atoms with van der Waals surface area (Å²) in [4.78, 5) is 11.4. The highest BCUT2D eigenvalue weighted by Gasteiger charge is 2.16. The number of hydrogen-bond acceptors (Lipinski definition) is 6. The van der Waals surface area contributed by atoms with Crippen molar-refractivity contribution in [2.45, 2.75) is 19.1 Å². The zero-order valence-corrected chi connectivity index (χ0v) is 11.5. The van der Waals surface area contributed by atoms with E-state index in [9.17, 15) is 13.6 Å². The van der Waals surface area contributed by atoms with Gasteiger partial charge in [-0.3, -0.25) is 9.00 Å². The summed E-state index contributed by atoms with van der Waals surface area (Å²) in [6.45, 7) is 1.85. The molecule has 20 heavy (non-hydrogen) atoms. The van der Waals surface area contributed by atoms with Gasteiger partial charge in [0.1, 0.15) is 0 Å². The number of carbonyl (C=O) groups excluding carboxylic acids is 1. The maximum Gasteiger partial charge on any atom is 0.249 e. The highest BCUT2D eigenvalue weighted by Crippen LogP contribution is 2.24. The monoisotopic (exact) mass is 294 g/mol. The molecule has 2 aromatic rings. The van der Waals surface area contributed by atoms with Crippen molar-refractivity contribution in [2.24, 2.45) is 5.73 Å². The molecule has 1 aromatic carbocycles. The molecule has 2 rings (SSSR count). The second-order valence-corrected chi connectivity index (χ2v) is 4.94. The topological polar surface area (TPSA) is 122 Å². The van der Waals surface area contributed by atoms with Gasteiger partial charge in [0.25, 0.3) is 0 Å². The highest BCUT2D eigenvalue weighted by atomic mass is 32.2. The number of aryl methyl sites for hydroxylation is 1. The van der Waals surface area contributed by atoms with Crippen molar-refractivity contribution in [2.75, 3.05) is 0 Å². The van der Waals surface area contributed by atoms with Gasteiger partial charge in [0.15, 0.2) is 0 Å². The maximum atomic E-state index is 11.4. The first kappa shape index (κ1) is 14.4. The average molecular weight is 294 g/mol. The van der Waals surface area contributed by atoms with Crippen LogP contribution in [0, 0.1) is 0 Å². The van der Waals surface area contributed by atoms with Crippen LogP contribution in [0.2, 0.25) is 0 Å². The third kappa shape index (κ3) is 3.09. The van der Waals surface area contributed by atoms with Crippen LogP contribution in [-0.2, 0) is 23.3 Å². The molecule has 0 aliphatic carbocycles. The molecule has 2 N–H and O–H groups in total. The van der Waals surface area contributed by atoms with Crippen LogP contribution in [0.5, 0.6) is 0 Å². The number of benzene rings is 1. The Hall–Kier alpha value is -2.06. The first-order valence-electron chi connectivity index (χ1n) is 5.82. The molecular weight excluding hydrogens is 282 g/mol. The van der Waals surface area contributed by atoms with E-state index in [-0.39, 0.29) is 17.2 Å². The van der Waals surface area contributed by atoms with Gasteiger partial charge in [-0.1, -0.05) is 24.1 Å². The smallest absolute Gasteiger partial charge is 0.249 e. The summed E-state index contributed by atoms with van der Waals surface area (Å²) < 4.78 is 26.9. The van der Waals surface area contributed by atoms with Crippen LogP contribution in [0.1, 0.15) is 28.7 Å². The van der Waals surface area contributed by atoms with E-state index in [1.54, 1.807) is 0 Å². The fraction of sp³-hybridized carbons (Fsp3) is 0.250. The Labute approximate surface area is 117 Å². The van der Waals surface area contributed by atoms with Gasteiger partial charge in [0.2, 0.25) is 17.7 Å². The number of aromatic nitrogens is 2. The van der Waals surface area contributed by atoms with Crippen molar-refractivity contribution in [1.82, 2.24) is 10.2 Å². The van der Waals surface area contributed by atoms with E-state index in [1.807, 2.05) is 6.92 Å². The lowest BCUT2D eigenvalue weighted by Gasteiger charge is -2.08. The van der Waals surface area contributed by atoms with Gasteiger partial charge in [0.05, 0.1) is 11.1 Å². The molecule has 1 heterocycles. The molecule has 0 aliphatic rings. The quantitative estimate of drug-likeness (QED) is 0.813. The summed E-state index contributed by atoms with van der Waals surface area (Å²) in [6.07, 6.45) is 0.559. The minimum absolute atomic E-state index is 0.147. The van der Waals surface area contributed by atoms with Crippen molar-refractivity contribution < 1.29 is 18.0 Å². The second-order valence-electron chi connectivity index (χ2n) is 4.05. The number of amides is 1. The first-order valence-corrected chi connectivity index (χ1v) is 7.07. The standard InChI is InChI=1S/C12H13N3O4S/c1-2-10-14-15-12(19-10)9-5-7(6-20(17)18)3-4-8(9)11(13)16/h3-5H,2,6H2,1H3,(H2,13,16)(H,17,18)/p-1. The highest BCUT2D eigenvalue weighted by molar-refractivity contribution is 7.78. The molecule has 1 aromatic heterocycles. The molecule has 0 fully saturated rings. The number of nitrogens with two attached hydrogens (primary N) is 1. The molecule has 0 bridgehead atoms. The zero-order chi connectivity index (χ0) is 14.7. The van der Waals surface area contributed by atoms with Gasteiger partial charge in [0, 0.05) is 12.2 Å². The molecule has 0 radical (unpaired) electrons. The molecule has 1 unspecified atom stereocenters. The van der Waals surface area contributed by atoms with Crippen molar-refractivity contribution >= 4 is 17.0 Å². The van der Waals surface area contributed by atoms with Crippen molar-refractivity contribution in [3.8, 4) is 11.5 Å². The molecular formula is C12H12N3O4S-. The Morgan fingerprint density at radius 3 is 2.75 bits per heavy atom. The summed E-state index contributed by atoms with van der Waals surface area (Å²) in [5.74, 6) is -0.241. The van der Waals surface area contributed by atoms with E-state index in [4.69, 9.17) is 10.2 Å².